The molecule has 0 bridgehead atoms. The van der Waals surface area contributed by atoms with Gasteiger partial charge in [-0.3, -0.25) is 4.98 Å². The zero-order chi connectivity index (χ0) is 13.2. The fraction of sp³-hybridized carbons (Fsp3) is 0.143. The Morgan fingerprint density at radius 2 is 2.16 bits per heavy atom. The lowest BCUT2D eigenvalue weighted by Gasteiger charge is -2.04. The number of aryl methyl sites for hydroxylation is 1. The van der Waals surface area contributed by atoms with E-state index >= 15 is 0 Å². The van der Waals surface area contributed by atoms with E-state index in [9.17, 15) is 0 Å². The van der Waals surface area contributed by atoms with Gasteiger partial charge < -0.3 is 15.0 Å². The Hall–Kier alpha value is -2.56. The van der Waals surface area contributed by atoms with Gasteiger partial charge in [0.05, 0.1) is 12.6 Å². The number of nitrogens with zero attached hydrogens (tertiary/aromatic N) is 2. The van der Waals surface area contributed by atoms with Crippen LogP contribution in [0.15, 0.2) is 36.7 Å². The summed E-state index contributed by atoms with van der Waals surface area (Å²) in [6.07, 6.45) is 3.56. The number of hydrogen-bond donors (Lipinski definition) is 2. The summed E-state index contributed by atoms with van der Waals surface area (Å²) in [7, 11) is 1.64. The van der Waals surface area contributed by atoms with Gasteiger partial charge in [0.2, 0.25) is 5.95 Å². The van der Waals surface area contributed by atoms with Crippen LogP contribution in [0.1, 0.15) is 5.56 Å². The molecule has 0 amide bonds. The molecule has 2 heterocycles. The first-order valence-corrected chi connectivity index (χ1v) is 5.98. The molecule has 0 spiro atoms. The second-order valence-corrected chi connectivity index (χ2v) is 4.26. The van der Waals surface area contributed by atoms with Crippen molar-refractivity contribution in [2.45, 2.75) is 6.92 Å². The largest absolute Gasteiger partial charge is 0.494 e. The van der Waals surface area contributed by atoms with Gasteiger partial charge in [0.25, 0.3) is 0 Å². The van der Waals surface area contributed by atoms with Gasteiger partial charge in [0.15, 0.2) is 0 Å². The Morgan fingerprint density at radius 1 is 1.26 bits per heavy atom. The van der Waals surface area contributed by atoms with Crippen LogP contribution in [0.5, 0.6) is 5.75 Å². The van der Waals surface area contributed by atoms with E-state index in [2.05, 4.69) is 20.3 Å². The number of H-pyrrole nitrogens is 1. The van der Waals surface area contributed by atoms with E-state index < -0.39 is 0 Å². The van der Waals surface area contributed by atoms with E-state index in [1.165, 1.54) is 0 Å². The molecule has 0 radical (unpaired) electrons. The normalized spacial score (nSPS) is 10.6. The van der Waals surface area contributed by atoms with E-state index in [1.807, 2.05) is 37.4 Å². The predicted molar refractivity (Wildman–Crippen MR) is 74.9 cm³/mol. The summed E-state index contributed by atoms with van der Waals surface area (Å²) in [5.41, 5.74) is 3.80. The van der Waals surface area contributed by atoms with Crippen LogP contribution in [-0.2, 0) is 0 Å². The van der Waals surface area contributed by atoms with Crippen molar-refractivity contribution >= 4 is 22.7 Å². The number of ether oxygens (including phenoxy) is 1. The Morgan fingerprint density at radius 3 is 2.95 bits per heavy atom. The highest BCUT2D eigenvalue weighted by Crippen LogP contribution is 2.26. The maximum atomic E-state index is 5.29. The number of hydrogen-bond acceptors (Lipinski definition) is 4. The average Bonchev–Trinajstić information content (AvgIpc) is 2.83. The fourth-order valence-electron chi connectivity index (χ4n) is 1.97. The molecule has 0 aliphatic rings. The first-order chi connectivity index (χ1) is 9.28. The zero-order valence-corrected chi connectivity index (χ0v) is 10.8. The van der Waals surface area contributed by atoms with Crippen molar-refractivity contribution in [2.24, 2.45) is 0 Å². The third-order valence-electron chi connectivity index (χ3n) is 2.97. The maximum absolute atomic E-state index is 5.29. The number of fused-ring (bicyclic) bond motifs is 1. The van der Waals surface area contributed by atoms with Crippen molar-refractivity contribution in [2.75, 3.05) is 12.4 Å². The number of methoxy groups -OCH3 is 1. The minimum atomic E-state index is 0.689. The number of benzene rings is 1. The number of imidazole rings is 1. The maximum Gasteiger partial charge on any atom is 0.205 e. The summed E-state index contributed by atoms with van der Waals surface area (Å²) in [4.78, 5) is 11.8. The van der Waals surface area contributed by atoms with Gasteiger partial charge in [-0.05, 0) is 30.7 Å². The lowest BCUT2D eigenvalue weighted by Crippen LogP contribution is -1.95. The number of anilines is 2. The van der Waals surface area contributed by atoms with E-state index in [-0.39, 0.29) is 0 Å². The molecule has 0 unspecified atom stereocenters. The highest BCUT2D eigenvalue weighted by Gasteiger charge is 2.08. The molecule has 0 fully saturated rings. The van der Waals surface area contributed by atoms with E-state index in [0.29, 0.717) is 5.95 Å². The lowest BCUT2D eigenvalue weighted by atomic mass is 10.3. The predicted octanol–water partition coefficient (Wildman–Crippen LogP) is 3.02. The molecule has 3 aromatic rings. The quantitative estimate of drug-likeness (QED) is 0.754. The van der Waals surface area contributed by atoms with Crippen molar-refractivity contribution in [1.29, 1.82) is 0 Å². The molecule has 1 aromatic carbocycles. The average molecular weight is 254 g/mol. The lowest BCUT2D eigenvalue weighted by molar-refractivity contribution is 0.419. The number of nitrogens with one attached hydrogen (secondary N) is 2. The molecule has 5 nitrogen and oxygen atoms in total. The summed E-state index contributed by atoms with van der Waals surface area (Å²) >= 11 is 0. The van der Waals surface area contributed by atoms with Gasteiger partial charge >= 0.3 is 0 Å². The van der Waals surface area contributed by atoms with Crippen molar-refractivity contribution in [1.82, 2.24) is 15.0 Å². The molecule has 0 saturated carbocycles. The van der Waals surface area contributed by atoms with Crippen molar-refractivity contribution in [3.05, 3.63) is 42.2 Å². The number of aromatic amines is 1. The van der Waals surface area contributed by atoms with Gasteiger partial charge in [-0.1, -0.05) is 6.07 Å². The van der Waals surface area contributed by atoms with E-state index in [1.54, 1.807) is 13.3 Å². The van der Waals surface area contributed by atoms with Crippen LogP contribution in [-0.4, -0.2) is 22.1 Å². The summed E-state index contributed by atoms with van der Waals surface area (Å²) in [5.74, 6) is 1.45. The minimum Gasteiger partial charge on any atom is -0.494 e. The number of pyridine rings is 1. The Bertz CT molecular complexity index is 720. The fourth-order valence-corrected chi connectivity index (χ4v) is 1.97. The molecular formula is C14H14N4O. The van der Waals surface area contributed by atoms with Crippen LogP contribution in [0.2, 0.25) is 0 Å². The second kappa shape index (κ2) is 4.61. The molecule has 3 rings (SSSR count). The van der Waals surface area contributed by atoms with Gasteiger partial charge in [-0.25, -0.2) is 4.98 Å². The van der Waals surface area contributed by atoms with Gasteiger partial charge in [-0.15, -0.1) is 0 Å². The molecule has 0 aliphatic carbocycles. The SMILES string of the molecule is COc1cccc2[nH]c(Nc3ccncc3C)nc12. The second-order valence-electron chi connectivity index (χ2n) is 4.26. The van der Waals surface area contributed by atoms with Crippen LogP contribution < -0.4 is 10.1 Å². The third kappa shape index (κ3) is 2.10. The molecule has 96 valence electrons. The van der Waals surface area contributed by atoms with Crippen LogP contribution >= 0.6 is 0 Å². The first kappa shape index (κ1) is 11.5. The first-order valence-electron chi connectivity index (χ1n) is 5.98. The van der Waals surface area contributed by atoms with Gasteiger partial charge in [0.1, 0.15) is 11.3 Å². The topological polar surface area (TPSA) is 62.8 Å². The molecule has 2 aromatic heterocycles. The van der Waals surface area contributed by atoms with Crippen LogP contribution in [0.4, 0.5) is 11.6 Å². The smallest absolute Gasteiger partial charge is 0.205 e. The molecule has 0 saturated heterocycles. The standard InChI is InChI=1S/C14H14N4O/c1-9-8-15-7-6-10(9)16-14-17-11-4-3-5-12(19-2)13(11)18-14/h3-8H,1-2H3,(H2,15,16,17,18). The summed E-state index contributed by atoms with van der Waals surface area (Å²) in [5, 5.41) is 3.25. The van der Waals surface area contributed by atoms with Gasteiger partial charge in [-0.2, -0.15) is 0 Å². The van der Waals surface area contributed by atoms with E-state index in [0.717, 1.165) is 28.0 Å². The zero-order valence-electron chi connectivity index (χ0n) is 10.8. The van der Waals surface area contributed by atoms with Crippen LogP contribution in [0.3, 0.4) is 0 Å². The molecular weight excluding hydrogens is 240 g/mol. The van der Waals surface area contributed by atoms with Crippen molar-refractivity contribution < 1.29 is 4.74 Å². The minimum absolute atomic E-state index is 0.689. The Balaban J connectivity index is 2.00. The molecule has 0 aliphatic heterocycles. The summed E-state index contributed by atoms with van der Waals surface area (Å²) in [6, 6.07) is 7.71. The monoisotopic (exact) mass is 254 g/mol. The van der Waals surface area contributed by atoms with Crippen molar-refractivity contribution in [3.8, 4) is 5.75 Å². The Labute approximate surface area is 110 Å². The number of aromatic nitrogens is 3. The highest BCUT2D eigenvalue weighted by atomic mass is 16.5. The molecule has 0 atom stereocenters. The number of rotatable bonds is 3. The third-order valence-corrected chi connectivity index (χ3v) is 2.97. The van der Waals surface area contributed by atoms with E-state index in [4.69, 9.17) is 4.74 Å². The Kier molecular flexibility index (Phi) is 2.79. The summed E-state index contributed by atoms with van der Waals surface area (Å²) < 4.78 is 5.29. The number of para-hydroxylation sites is 1. The van der Waals surface area contributed by atoms with Crippen LogP contribution in [0.25, 0.3) is 11.0 Å². The van der Waals surface area contributed by atoms with Crippen molar-refractivity contribution in [3.63, 3.8) is 0 Å². The molecule has 19 heavy (non-hydrogen) atoms. The molecule has 5 heteroatoms. The molecule has 2 N–H and O–H groups in total. The highest BCUT2D eigenvalue weighted by molar-refractivity contribution is 5.84. The van der Waals surface area contributed by atoms with Crippen LogP contribution in [0, 0.1) is 6.92 Å². The summed E-state index contributed by atoms with van der Waals surface area (Å²) in [6.45, 7) is 2.00. The van der Waals surface area contributed by atoms with Gasteiger partial charge in [0, 0.05) is 18.1 Å².